The molecule has 1 aliphatic rings. The SMILES string of the molecule is O=C(O)[C@@H]1C[C@@H](O)CN1CCOc1ccc(F)cc1. The number of halogens is 1. The Balaban J connectivity index is 1.81. The molecule has 1 fully saturated rings. The van der Waals surface area contributed by atoms with E-state index < -0.39 is 18.1 Å². The number of carboxylic acids is 1. The number of aliphatic carboxylic acids is 1. The van der Waals surface area contributed by atoms with Gasteiger partial charge < -0.3 is 14.9 Å². The van der Waals surface area contributed by atoms with E-state index in [1.165, 1.54) is 24.3 Å². The summed E-state index contributed by atoms with van der Waals surface area (Å²) in [6.45, 7) is 1.04. The molecule has 2 rings (SSSR count). The van der Waals surface area contributed by atoms with E-state index in [2.05, 4.69) is 0 Å². The standard InChI is InChI=1S/C13H16FNO4/c14-9-1-3-11(4-2-9)19-6-5-15-8-10(16)7-12(15)13(17)18/h1-4,10,12,16H,5-8H2,(H,17,18)/t10-,12+/m1/s1. The van der Waals surface area contributed by atoms with Crippen LogP contribution in [0, 0.1) is 5.82 Å². The second kappa shape index (κ2) is 5.99. The maximum absolute atomic E-state index is 12.7. The largest absolute Gasteiger partial charge is 0.492 e. The Labute approximate surface area is 110 Å². The molecular formula is C13H16FNO4. The van der Waals surface area contributed by atoms with Crippen LogP contribution in [0.25, 0.3) is 0 Å². The molecule has 0 aromatic heterocycles. The van der Waals surface area contributed by atoms with E-state index in [1.54, 1.807) is 4.90 Å². The lowest BCUT2D eigenvalue weighted by Gasteiger charge is -2.20. The van der Waals surface area contributed by atoms with Gasteiger partial charge in [0.25, 0.3) is 0 Å². The number of nitrogens with zero attached hydrogens (tertiary/aromatic N) is 1. The summed E-state index contributed by atoms with van der Waals surface area (Å²) in [6, 6.07) is 4.97. The van der Waals surface area contributed by atoms with E-state index in [0.29, 0.717) is 25.4 Å². The van der Waals surface area contributed by atoms with Crippen LogP contribution in [-0.4, -0.2) is 52.9 Å². The van der Waals surface area contributed by atoms with Crippen LogP contribution in [-0.2, 0) is 4.79 Å². The van der Waals surface area contributed by atoms with Crippen molar-refractivity contribution in [2.75, 3.05) is 19.7 Å². The molecule has 0 aliphatic carbocycles. The van der Waals surface area contributed by atoms with Gasteiger partial charge in [-0.3, -0.25) is 9.69 Å². The van der Waals surface area contributed by atoms with Crippen molar-refractivity contribution in [2.24, 2.45) is 0 Å². The van der Waals surface area contributed by atoms with E-state index in [9.17, 15) is 14.3 Å². The highest BCUT2D eigenvalue weighted by atomic mass is 19.1. The normalized spacial score (nSPS) is 23.5. The molecule has 1 aromatic carbocycles. The lowest BCUT2D eigenvalue weighted by atomic mass is 10.2. The van der Waals surface area contributed by atoms with Crippen molar-refractivity contribution in [1.82, 2.24) is 4.90 Å². The van der Waals surface area contributed by atoms with Gasteiger partial charge >= 0.3 is 5.97 Å². The highest BCUT2D eigenvalue weighted by molar-refractivity contribution is 5.74. The number of carbonyl (C=O) groups is 1. The average Bonchev–Trinajstić information content (AvgIpc) is 2.73. The predicted molar refractivity (Wildman–Crippen MR) is 65.5 cm³/mol. The Morgan fingerprint density at radius 2 is 2.11 bits per heavy atom. The minimum absolute atomic E-state index is 0.242. The molecule has 0 bridgehead atoms. The van der Waals surface area contributed by atoms with Crippen molar-refractivity contribution in [2.45, 2.75) is 18.6 Å². The quantitative estimate of drug-likeness (QED) is 0.824. The number of likely N-dealkylation sites (tertiary alicyclic amines) is 1. The van der Waals surface area contributed by atoms with Gasteiger partial charge in [-0.25, -0.2) is 4.39 Å². The van der Waals surface area contributed by atoms with Crippen molar-refractivity contribution in [1.29, 1.82) is 0 Å². The molecule has 1 aromatic rings. The molecule has 2 atom stereocenters. The van der Waals surface area contributed by atoms with Crippen LogP contribution in [0.1, 0.15) is 6.42 Å². The summed E-state index contributed by atoms with van der Waals surface area (Å²) in [5.74, 6) is -0.729. The van der Waals surface area contributed by atoms with Crippen LogP contribution < -0.4 is 4.74 Å². The van der Waals surface area contributed by atoms with Gasteiger partial charge in [0.2, 0.25) is 0 Å². The Morgan fingerprint density at radius 1 is 1.42 bits per heavy atom. The zero-order chi connectivity index (χ0) is 13.8. The van der Waals surface area contributed by atoms with Gasteiger partial charge in [-0.15, -0.1) is 0 Å². The molecule has 0 spiro atoms. The Kier molecular flexibility index (Phi) is 4.34. The summed E-state index contributed by atoms with van der Waals surface area (Å²) >= 11 is 0. The first-order chi connectivity index (χ1) is 9.06. The minimum atomic E-state index is -0.932. The van der Waals surface area contributed by atoms with Gasteiger partial charge in [-0.2, -0.15) is 0 Å². The number of carboxylic acid groups (broad SMARTS) is 1. The summed E-state index contributed by atoms with van der Waals surface area (Å²) in [4.78, 5) is 12.7. The number of hydrogen-bond acceptors (Lipinski definition) is 4. The molecule has 1 aliphatic heterocycles. The van der Waals surface area contributed by atoms with E-state index in [-0.39, 0.29) is 12.2 Å². The fourth-order valence-corrected chi connectivity index (χ4v) is 2.19. The van der Waals surface area contributed by atoms with Crippen LogP contribution in [0.5, 0.6) is 5.75 Å². The van der Waals surface area contributed by atoms with Gasteiger partial charge in [-0.1, -0.05) is 0 Å². The molecule has 1 saturated heterocycles. The second-order valence-corrected chi connectivity index (χ2v) is 4.54. The van der Waals surface area contributed by atoms with Crippen LogP contribution in [0.15, 0.2) is 24.3 Å². The number of aliphatic hydroxyl groups excluding tert-OH is 1. The smallest absolute Gasteiger partial charge is 0.321 e. The molecule has 6 heteroatoms. The Bertz CT molecular complexity index is 437. The number of aliphatic hydroxyl groups is 1. The van der Waals surface area contributed by atoms with Crippen molar-refractivity contribution in [3.63, 3.8) is 0 Å². The van der Waals surface area contributed by atoms with Crippen molar-refractivity contribution < 1.29 is 24.1 Å². The van der Waals surface area contributed by atoms with E-state index >= 15 is 0 Å². The Hall–Kier alpha value is -1.66. The zero-order valence-electron chi connectivity index (χ0n) is 10.3. The highest BCUT2D eigenvalue weighted by Crippen LogP contribution is 2.18. The van der Waals surface area contributed by atoms with Gasteiger partial charge in [0.05, 0.1) is 6.10 Å². The number of rotatable bonds is 5. The predicted octanol–water partition coefficient (Wildman–Crippen LogP) is 0.724. The lowest BCUT2D eigenvalue weighted by molar-refractivity contribution is -0.142. The maximum Gasteiger partial charge on any atom is 0.321 e. The third kappa shape index (κ3) is 3.65. The van der Waals surface area contributed by atoms with E-state index in [1.807, 2.05) is 0 Å². The lowest BCUT2D eigenvalue weighted by Crippen LogP contribution is -2.38. The minimum Gasteiger partial charge on any atom is -0.492 e. The first kappa shape index (κ1) is 13.8. The molecule has 19 heavy (non-hydrogen) atoms. The fourth-order valence-electron chi connectivity index (χ4n) is 2.19. The van der Waals surface area contributed by atoms with Gasteiger partial charge in [0.15, 0.2) is 0 Å². The number of benzene rings is 1. The molecular weight excluding hydrogens is 253 g/mol. The molecule has 104 valence electrons. The average molecular weight is 269 g/mol. The Morgan fingerprint density at radius 3 is 2.74 bits per heavy atom. The molecule has 0 saturated carbocycles. The van der Waals surface area contributed by atoms with Crippen LogP contribution in [0.2, 0.25) is 0 Å². The maximum atomic E-state index is 12.7. The van der Waals surface area contributed by atoms with Gasteiger partial charge in [-0.05, 0) is 24.3 Å². The van der Waals surface area contributed by atoms with Crippen LogP contribution in [0.4, 0.5) is 4.39 Å². The third-order valence-electron chi connectivity index (χ3n) is 3.13. The highest BCUT2D eigenvalue weighted by Gasteiger charge is 2.35. The van der Waals surface area contributed by atoms with Gasteiger partial charge in [0.1, 0.15) is 24.2 Å². The summed E-state index contributed by atoms with van der Waals surface area (Å²) < 4.78 is 18.1. The van der Waals surface area contributed by atoms with Crippen LogP contribution >= 0.6 is 0 Å². The van der Waals surface area contributed by atoms with E-state index in [0.717, 1.165) is 0 Å². The third-order valence-corrected chi connectivity index (χ3v) is 3.13. The fraction of sp³-hybridized carbons (Fsp3) is 0.462. The molecule has 1 heterocycles. The van der Waals surface area contributed by atoms with E-state index in [4.69, 9.17) is 9.84 Å². The molecule has 0 amide bonds. The monoisotopic (exact) mass is 269 g/mol. The summed E-state index contributed by atoms with van der Waals surface area (Å²) in [5.41, 5.74) is 0. The molecule has 0 unspecified atom stereocenters. The van der Waals surface area contributed by atoms with Crippen LogP contribution in [0.3, 0.4) is 0 Å². The topological polar surface area (TPSA) is 70.0 Å². The zero-order valence-corrected chi connectivity index (χ0v) is 10.3. The molecule has 5 nitrogen and oxygen atoms in total. The molecule has 0 radical (unpaired) electrons. The first-order valence-electron chi connectivity index (χ1n) is 6.09. The first-order valence-corrected chi connectivity index (χ1v) is 6.09. The number of hydrogen-bond donors (Lipinski definition) is 2. The van der Waals surface area contributed by atoms with Crippen molar-refractivity contribution in [3.8, 4) is 5.75 Å². The van der Waals surface area contributed by atoms with Crippen molar-refractivity contribution in [3.05, 3.63) is 30.1 Å². The summed E-state index contributed by atoms with van der Waals surface area (Å²) in [5, 5.41) is 18.5. The summed E-state index contributed by atoms with van der Waals surface area (Å²) in [6.07, 6.45) is -0.363. The van der Waals surface area contributed by atoms with Crippen molar-refractivity contribution >= 4 is 5.97 Å². The number of ether oxygens (including phenoxy) is 1. The number of β-amino-alcohol motifs (C(OH)–C–C–N with tert-alkyl or cyclic N) is 1. The summed E-state index contributed by atoms with van der Waals surface area (Å²) in [7, 11) is 0. The molecule has 2 N–H and O–H groups in total. The second-order valence-electron chi connectivity index (χ2n) is 4.54. The van der Waals surface area contributed by atoms with Gasteiger partial charge in [0, 0.05) is 19.5 Å².